The molecule has 0 spiro atoms. The summed E-state index contributed by atoms with van der Waals surface area (Å²) in [5, 5.41) is 0. The number of likely N-dealkylation sites (tertiary alicyclic amines) is 1. The highest BCUT2D eigenvalue weighted by Crippen LogP contribution is 2.31. The molecule has 0 radical (unpaired) electrons. The summed E-state index contributed by atoms with van der Waals surface area (Å²) in [4.78, 5) is 14.3. The molecular weight excluding hydrogens is 208 g/mol. The second-order valence-electron chi connectivity index (χ2n) is 4.65. The number of amides is 1. The standard InChI is InChI=1S/C11H18N2OS/c12-11(15)9-5-2-6-13(9)10(14)7-8-3-1-4-8/h8-9H,1-7H2,(H2,12,15). The van der Waals surface area contributed by atoms with Gasteiger partial charge in [0.2, 0.25) is 5.91 Å². The molecular formula is C11H18N2OS. The Morgan fingerprint density at radius 1 is 1.33 bits per heavy atom. The van der Waals surface area contributed by atoms with Crippen molar-refractivity contribution in [3.63, 3.8) is 0 Å². The molecule has 1 aliphatic carbocycles. The highest BCUT2D eigenvalue weighted by atomic mass is 32.1. The fourth-order valence-corrected chi connectivity index (χ4v) is 2.67. The monoisotopic (exact) mass is 226 g/mol. The smallest absolute Gasteiger partial charge is 0.223 e. The van der Waals surface area contributed by atoms with Crippen LogP contribution in [0.3, 0.4) is 0 Å². The van der Waals surface area contributed by atoms with Crippen molar-refractivity contribution in [2.24, 2.45) is 11.7 Å². The summed E-state index contributed by atoms with van der Waals surface area (Å²) in [6, 6.07) is 0.0348. The molecule has 84 valence electrons. The maximum absolute atomic E-state index is 12.0. The molecule has 2 N–H and O–H groups in total. The quantitative estimate of drug-likeness (QED) is 0.741. The Morgan fingerprint density at radius 3 is 2.60 bits per heavy atom. The lowest BCUT2D eigenvalue weighted by Crippen LogP contribution is -2.43. The zero-order valence-corrected chi connectivity index (χ0v) is 9.76. The van der Waals surface area contributed by atoms with Crippen molar-refractivity contribution in [2.75, 3.05) is 6.54 Å². The zero-order chi connectivity index (χ0) is 10.8. The van der Waals surface area contributed by atoms with Crippen LogP contribution in [0, 0.1) is 5.92 Å². The first-order valence-electron chi connectivity index (χ1n) is 5.77. The van der Waals surface area contributed by atoms with E-state index < -0.39 is 0 Å². The lowest BCUT2D eigenvalue weighted by atomic mass is 9.82. The van der Waals surface area contributed by atoms with Crippen molar-refractivity contribution in [1.29, 1.82) is 0 Å². The number of carbonyl (C=O) groups is 1. The Kier molecular flexibility index (Phi) is 3.24. The first-order chi connectivity index (χ1) is 7.18. The van der Waals surface area contributed by atoms with Crippen LogP contribution in [0.4, 0.5) is 0 Å². The van der Waals surface area contributed by atoms with Crippen LogP contribution in [0.15, 0.2) is 0 Å². The minimum Gasteiger partial charge on any atom is -0.392 e. The van der Waals surface area contributed by atoms with Gasteiger partial charge in [0.15, 0.2) is 0 Å². The van der Waals surface area contributed by atoms with Crippen LogP contribution < -0.4 is 5.73 Å². The molecule has 1 saturated carbocycles. The second-order valence-corrected chi connectivity index (χ2v) is 5.12. The van der Waals surface area contributed by atoms with E-state index in [0.29, 0.717) is 17.3 Å². The Bertz CT molecular complexity index is 276. The molecule has 1 amide bonds. The van der Waals surface area contributed by atoms with Crippen molar-refractivity contribution in [3.05, 3.63) is 0 Å². The Morgan fingerprint density at radius 2 is 2.07 bits per heavy atom. The summed E-state index contributed by atoms with van der Waals surface area (Å²) in [6.07, 6.45) is 6.43. The Balaban J connectivity index is 1.90. The highest BCUT2D eigenvalue weighted by molar-refractivity contribution is 7.80. The number of carbonyl (C=O) groups excluding carboxylic acids is 1. The van der Waals surface area contributed by atoms with E-state index in [1.807, 2.05) is 4.90 Å². The van der Waals surface area contributed by atoms with Gasteiger partial charge in [-0.1, -0.05) is 18.6 Å². The van der Waals surface area contributed by atoms with Crippen molar-refractivity contribution in [2.45, 2.75) is 44.6 Å². The van der Waals surface area contributed by atoms with Crippen LogP contribution in [0.5, 0.6) is 0 Å². The topological polar surface area (TPSA) is 46.3 Å². The molecule has 1 heterocycles. The molecule has 0 bridgehead atoms. The molecule has 1 aliphatic heterocycles. The van der Waals surface area contributed by atoms with Gasteiger partial charge in [-0.15, -0.1) is 0 Å². The second kappa shape index (κ2) is 4.47. The molecule has 2 aliphatic rings. The van der Waals surface area contributed by atoms with Gasteiger partial charge in [0.05, 0.1) is 11.0 Å². The van der Waals surface area contributed by atoms with Gasteiger partial charge in [0.25, 0.3) is 0 Å². The predicted molar refractivity (Wildman–Crippen MR) is 63.5 cm³/mol. The molecule has 0 aromatic carbocycles. The first-order valence-corrected chi connectivity index (χ1v) is 6.18. The maximum atomic E-state index is 12.0. The van der Waals surface area contributed by atoms with E-state index >= 15 is 0 Å². The SMILES string of the molecule is NC(=S)C1CCCN1C(=O)CC1CCC1. The van der Waals surface area contributed by atoms with Crippen LogP contribution in [0.1, 0.15) is 38.5 Å². The molecule has 0 aromatic heterocycles. The highest BCUT2D eigenvalue weighted by Gasteiger charge is 2.32. The fraction of sp³-hybridized carbons (Fsp3) is 0.818. The average molecular weight is 226 g/mol. The van der Waals surface area contributed by atoms with Gasteiger partial charge in [0.1, 0.15) is 0 Å². The van der Waals surface area contributed by atoms with E-state index in [-0.39, 0.29) is 11.9 Å². The summed E-state index contributed by atoms with van der Waals surface area (Å²) in [7, 11) is 0. The summed E-state index contributed by atoms with van der Waals surface area (Å²) in [5.41, 5.74) is 5.64. The first kappa shape index (κ1) is 10.9. The number of thiocarbonyl (C=S) groups is 1. The molecule has 15 heavy (non-hydrogen) atoms. The van der Waals surface area contributed by atoms with E-state index in [9.17, 15) is 4.79 Å². The zero-order valence-electron chi connectivity index (χ0n) is 8.95. The van der Waals surface area contributed by atoms with E-state index in [1.54, 1.807) is 0 Å². The number of nitrogens with two attached hydrogens (primary N) is 1. The predicted octanol–water partition coefficient (Wildman–Crippen LogP) is 1.45. The van der Waals surface area contributed by atoms with Crippen molar-refractivity contribution < 1.29 is 4.79 Å². The lowest BCUT2D eigenvalue weighted by molar-refractivity contribution is -0.132. The van der Waals surface area contributed by atoms with E-state index in [4.69, 9.17) is 18.0 Å². The molecule has 3 nitrogen and oxygen atoms in total. The van der Waals surface area contributed by atoms with E-state index in [2.05, 4.69) is 0 Å². The normalized spacial score (nSPS) is 26.4. The number of hydrogen-bond acceptors (Lipinski definition) is 2. The van der Waals surface area contributed by atoms with Crippen LogP contribution in [-0.2, 0) is 4.79 Å². The largest absolute Gasteiger partial charge is 0.392 e. The molecule has 4 heteroatoms. The average Bonchev–Trinajstić information content (AvgIpc) is 2.59. The van der Waals surface area contributed by atoms with E-state index in [0.717, 1.165) is 19.4 Å². The molecule has 2 rings (SSSR count). The van der Waals surface area contributed by atoms with Gasteiger partial charge in [-0.3, -0.25) is 4.79 Å². The third kappa shape index (κ3) is 2.30. The molecule has 1 unspecified atom stereocenters. The number of nitrogens with zero attached hydrogens (tertiary/aromatic N) is 1. The number of hydrogen-bond donors (Lipinski definition) is 1. The van der Waals surface area contributed by atoms with Gasteiger partial charge in [0, 0.05) is 13.0 Å². The van der Waals surface area contributed by atoms with Crippen molar-refractivity contribution >= 4 is 23.1 Å². The maximum Gasteiger partial charge on any atom is 0.223 e. The lowest BCUT2D eigenvalue weighted by Gasteiger charge is -2.29. The Labute approximate surface area is 96.0 Å². The fourth-order valence-electron chi connectivity index (χ4n) is 2.42. The van der Waals surface area contributed by atoms with Crippen LogP contribution in [0.2, 0.25) is 0 Å². The summed E-state index contributed by atoms with van der Waals surface area (Å²) in [5.74, 6) is 0.889. The molecule has 2 fully saturated rings. The van der Waals surface area contributed by atoms with Crippen molar-refractivity contribution in [1.82, 2.24) is 4.90 Å². The van der Waals surface area contributed by atoms with Crippen molar-refractivity contribution in [3.8, 4) is 0 Å². The van der Waals surface area contributed by atoms with Gasteiger partial charge >= 0.3 is 0 Å². The van der Waals surface area contributed by atoms with Gasteiger partial charge in [-0.2, -0.15) is 0 Å². The summed E-state index contributed by atoms with van der Waals surface area (Å²) in [6.45, 7) is 0.841. The van der Waals surface area contributed by atoms with Crippen LogP contribution in [-0.4, -0.2) is 28.4 Å². The number of rotatable bonds is 3. The molecule has 1 saturated heterocycles. The molecule has 1 atom stereocenters. The third-order valence-corrected chi connectivity index (χ3v) is 3.86. The van der Waals surface area contributed by atoms with E-state index in [1.165, 1.54) is 19.3 Å². The minimum absolute atomic E-state index is 0.0348. The van der Waals surface area contributed by atoms with Crippen LogP contribution >= 0.6 is 12.2 Å². The van der Waals surface area contributed by atoms with Crippen LogP contribution in [0.25, 0.3) is 0 Å². The summed E-state index contributed by atoms with van der Waals surface area (Å²) >= 11 is 4.99. The summed E-state index contributed by atoms with van der Waals surface area (Å²) < 4.78 is 0. The van der Waals surface area contributed by atoms with Gasteiger partial charge < -0.3 is 10.6 Å². The van der Waals surface area contributed by atoms with Gasteiger partial charge in [-0.05, 0) is 31.6 Å². The molecule has 0 aromatic rings. The van der Waals surface area contributed by atoms with Gasteiger partial charge in [-0.25, -0.2) is 0 Å². The third-order valence-electron chi connectivity index (χ3n) is 3.59. The Hall–Kier alpha value is -0.640. The minimum atomic E-state index is 0.0348.